The summed E-state index contributed by atoms with van der Waals surface area (Å²) in [5.74, 6) is -0.510. The number of unbranched alkanes of at least 4 members (excludes halogenated alkanes) is 13. The number of hydrogen-bond donors (Lipinski definition) is 0. The number of carbonyl (C=O) groups is 2. The topological polar surface area (TPSA) is 37.4 Å². The molecule has 0 unspecified atom stereocenters. The summed E-state index contributed by atoms with van der Waals surface area (Å²) >= 11 is 20.6. The van der Waals surface area contributed by atoms with Gasteiger partial charge in [-0.1, -0.05) is 114 Å². The van der Waals surface area contributed by atoms with Crippen LogP contribution in [0.1, 0.15) is 118 Å². The van der Waals surface area contributed by atoms with Crippen molar-refractivity contribution in [3.63, 3.8) is 0 Å². The summed E-state index contributed by atoms with van der Waals surface area (Å²) in [5.41, 5.74) is 1.99. The van der Waals surface area contributed by atoms with Crippen molar-refractivity contribution in [2.75, 3.05) is 6.54 Å². The van der Waals surface area contributed by atoms with Gasteiger partial charge < -0.3 is 0 Å². The van der Waals surface area contributed by atoms with Crippen molar-refractivity contribution in [2.24, 2.45) is 0 Å². The van der Waals surface area contributed by atoms with Gasteiger partial charge in [0.2, 0.25) is 0 Å². The Balaban J connectivity index is 1.13. The number of halogens is 2. The molecule has 238 valence electrons. The molecule has 45 heavy (non-hydrogen) atoms. The van der Waals surface area contributed by atoms with E-state index in [9.17, 15) is 9.59 Å². The first-order valence-corrected chi connectivity index (χ1v) is 20.5. The van der Waals surface area contributed by atoms with E-state index in [1.54, 1.807) is 45.3 Å². The maximum absolute atomic E-state index is 14.1. The lowest BCUT2D eigenvalue weighted by molar-refractivity contribution is 0.0652. The highest BCUT2D eigenvalue weighted by molar-refractivity contribution is 7.29. The van der Waals surface area contributed by atoms with E-state index in [0.717, 1.165) is 47.8 Å². The first kappa shape index (κ1) is 33.2. The molecule has 0 aliphatic carbocycles. The Bertz CT molecular complexity index is 1620. The summed E-state index contributed by atoms with van der Waals surface area (Å²) in [5, 5.41) is 4.80. The third-order valence-electron chi connectivity index (χ3n) is 8.81. The van der Waals surface area contributed by atoms with E-state index in [-0.39, 0.29) is 11.8 Å². The zero-order valence-electron chi connectivity index (χ0n) is 25.7. The van der Waals surface area contributed by atoms with Gasteiger partial charge in [0.25, 0.3) is 11.8 Å². The van der Waals surface area contributed by atoms with Gasteiger partial charge >= 0.3 is 0 Å². The maximum Gasteiger partial charge on any atom is 0.262 e. The van der Waals surface area contributed by atoms with Crippen LogP contribution in [0.25, 0.3) is 39.7 Å². The molecule has 0 fully saturated rings. The van der Waals surface area contributed by atoms with Gasteiger partial charge in [0.1, 0.15) is 0 Å². The normalized spacial score (nSPS) is 13.3. The fourth-order valence-electron chi connectivity index (χ4n) is 6.39. The predicted octanol–water partition coefficient (Wildman–Crippen LogP) is 14.0. The Labute approximate surface area is 292 Å². The molecular weight excluding hydrogens is 678 g/mol. The van der Waals surface area contributed by atoms with Gasteiger partial charge in [0.05, 0.1) is 21.2 Å². The van der Waals surface area contributed by atoms with E-state index in [2.05, 4.69) is 41.9 Å². The summed E-state index contributed by atoms with van der Waals surface area (Å²) in [7, 11) is 0. The summed E-state index contributed by atoms with van der Waals surface area (Å²) in [6.45, 7) is 2.68. The van der Waals surface area contributed by atoms with Crippen LogP contribution in [0.4, 0.5) is 0 Å². The molecule has 5 aromatic rings. The number of rotatable bonds is 17. The van der Waals surface area contributed by atoms with E-state index in [0.29, 0.717) is 38.8 Å². The first-order valence-electron chi connectivity index (χ1n) is 16.4. The highest BCUT2D eigenvalue weighted by atomic mass is 35.5. The van der Waals surface area contributed by atoms with E-state index < -0.39 is 0 Å². The third kappa shape index (κ3) is 7.09. The molecule has 0 N–H and O–H groups in total. The van der Waals surface area contributed by atoms with E-state index in [1.807, 2.05) is 0 Å². The number of hydrogen-bond acceptors (Lipinski definition) is 6. The Morgan fingerprint density at radius 2 is 0.956 bits per heavy atom. The quantitative estimate of drug-likeness (QED) is 0.0710. The zero-order valence-corrected chi connectivity index (χ0v) is 30.5. The SMILES string of the molecule is CCCCCCCCCCCCCCCCN1C(=O)c2c(c(-c3cc4sccc4s3)c(Cl)c(Cl)c2-c2cc3sccc3s2)C1=O. The van der Waals surface area contributed by atoms with Crippen LogP contribution in [0, 0.1) is 0 Å². The molecule has 0 radical (unpaired) electrons. The number of thiophene rings is 4. The van der Waals surface area contributed by atoms with Gasteiger partial charge in [0.15, 0.2) is 0 Å². The fraction of sp³-hybridized carbons (Fsp3) is 0.444. The Kier molecular flexibility index (Phi) is 11.4. The predicted molar refractivity (Wildman–Crippen MR) is 200 cm³/mol. The smallest absolute Gasteiger partial charge is 0.262 e. The second kappa shape index (κ2) is 15.4. The number of benzene rings is 1. The average molecular weight is 717 g/mol. The lowest BCUT2D eigenvalue weighted by Gasteiger charge is -2.14. The van der Waals surface area contributed by atoms with Crippen molar-refractivity contribution in [3.05, 3.63) is 56.2 Å². The van der Waals surface area contributed by atoms with Crippen LogP contribution >= 0.6 is 68.5 Å². The molecule has 1 aromatic carbocycles. The van der Waals surface area contributed by atoms with E-state index >= 15 is 0 Å². The molecular formula is C36H39Cl2NO2S4. The highest BCUT2D eigenvalue weighted by Gasteiger charge is 2.42. The zero-order chi connectivity index (χ0) is 31.3. The highest BCUT2D eigenvalue weighted by Crippen LogP contribution is 2.52. The lowest BCUT2D eigenvalue weighted by Crippen LogP contribution is -2.30. The number of nitrogens with zero attached hydrogens (tertiary/aromatic N) is 1. The van der Waals surface area contributed by atoms with Crippen molar-refractivity contribution in [2.45, 2.75) is 96.8 Å². The van der Waals surface area contributed by atoms with Gasteiger partial charge in [-0.25, -0.2) is 0 Å². The van der Waals surface area contributed by atoms with Gasteiger partial charge in [-0.15, -0.1) is 45.3 Å². The summed E-state index contributed by atoms with van der Waals surface area (Å²) in [4.78, 5) is 31.4. The van der Waals surface area contributed by atoms with E-state index in [4.69, 9.17) is 23.2 Å². The minimum absolute atomic E-state index is 0.255. The summed E-state index contributed by atoms with van der Waals surface area (Å²) < 4.78 is 4.54. The third-order valence-corrected chi connectivity index (χ3v) is 13.9. The molecule has 4 aromatic heterocycles. The molecule has 0 atom stereocenters. The Morgan fingerprint density at radius 3 is 1.36 bits per heavy atom. The van der Waals surface area contributed by atoms with Crippen LogP contribution in [-0.4, -0.2) is 23.3 Å². The van der Waals surface area contributed by atoms with Crippen LogP contribution in [0.3, 0.4) is 0 Å². The van der Waals surface area contributed by atoms with Crippen LogP contribution < -0.4 is 0 Å². The number of imide groups is 1. The van der Waals surface area contributed by atoms with Crippen molar-refractivity contribution in [1.29, 1.82) is 0 Å². The minimum atomic E-state index is -0.255. The van der Waals surface area contributed by atoms with Crippen molar-refractivity contribution in [3.8, 4) is 20.9 Å². The minimum Gasteiger partial charge on any atom is -0.274 e. The second-order valence-electron chi connectivity index (χ2n) is 12.0. The van der Waals surface area contributed by atoms with Gasteiger partial charge in [-0.2, -0.15) is 0 Å². The first-order chi connectivity index (χ1) is 22.0. The standard InChI is InChI=1S/C36H39Cl2NO2S4/c1-2-3-4-5-6-7-8-9-10-11-12-13-14-15-18-39-35(40)31-29(27-21-25-23(44-27)16-19-42-25)33(37)34(38)30(32(31)36(39)41)28-22-26-24(45-28)17-20-43-26/h16-17,19-22H,2-15,18H2,1H3. The number of fused-ring (bicyclic) bond motifs is 3. The molecule has 9 heteroatoms. The van der Waals surface area contributed by atoms with Crippen molar-refractivity contribution in [1.82, 2.24) is 4.90 Å². The largest absolute Gasteiger partial charge is 0.274 e. The second-order valence-corrected chi connectivity index (χ2v) is 16.8. The maximum atomic E-state index is 14.1. The summed E-state index contributed by atoms with van der Waals surface area (Å²) in [6, 6.07) is 8.28. The van der Waals surface area contributed by atoms with Crippen LogP contribution in [-0.2, 0) is 0 Å². The Morgan fingerprint density at radius 1 is 0.556 bits per heavy atom. The van der Waals surface area contributed by atoms with Crippen molar-refractivity contribution < 1.29 is 9.59 Å². The van der Waals surface area contributed by atoms with E-state index in [1.165, 1.54) is 75.5 Å². The molecule has 1 aliphatic heterocycles. The van der Waals surface area contributed by atoms with Gasteiger partial charge in [0, 0.05) is 46.2 Å². The molecule has 2 amide bonds. The number of amides is 2. The summed E-state index contributed by atoms with van der Waals surface area (Å²) in [6.07, 6.45) is 17.7. The van der Waals surface area contributed by atoms with Crippen molar-refractivity contribution >= 4 is 99.2 Å². The van der Waals surface area contributed by atoms with Gasteiger partial charge in [-0.05, 0) is 41.4 Å². The van der Waals surface area contributed by atoms with Crippen LogP contribution in [0.5, 0.6) is 0 Å². The lowest BCUT2D eigenvalue weighted by atomic mass is 9.95. The molecule has 3 nitrogen and oxygen atoms in total. The fourth-order valence-corrected chi connectivity index (χ4v) is 11.4. The molecule has 5 heterocycles. The molecule has 1 aliphatic rings. The number of carbonyl (C=O) groups excluding carboxylic acids is 2. The molecule has 0 saturated carbocycles. The van der Waals surface area contributed by atoms with Crippen LogP contribution in [0.2, 0.25) is 10.0 Å². The monoisotopic (exact) mass is 715 g/mol. The Hall–Kier alpha value is -1.74. The molecule has 6 rings (SSSR count). The van der Waals surface area contributed by atoms with Crippen LogP contribution in [0.15, 0.2) is 35.0 Å². The molecule has 0 saturated heterocycles. The molecule has 0 spiro atoms. The van der Waals surface area contributed by atoms with Gasteiger partial charge in [-0.3, -0.25) is 14.5 Å². The average Bonchev–Trinajstić information content (AvgIpc) is 3.84. The molecule has 0 bridgehead atoms.